The molecule has 2 aliphatic heterocycles. The lowest BCUT2D eigenvalue weighted by atomic mass is 9.98. The molecule has 2 aliphatic rings. The minimum absolute atomic E-state index is 0.103. The lowest BCUT2D eigenvalue weighted by Crippen LogP contribution is -2.52. The summed E-state index contributed by atoms with van der Waals surface area (Å²) in [6.45, 7) is 4.13. The molecule has 0 atom stereocenters. The summed E-state index contributed by atoms with van der Waals surface area (Å²) in [6.07, 6.45) is 4.05. The molecule has 0 fully saturated rings. The van der Waals surface area contributed by atoms with Crippen LogP contribution >= 0.6 is 0 Å². The Morgan fingerprint density at radius 3 is 2.34 bits per heavy atom. The normalized spacial score (nSPS) is 15.5. The van der Waals surface area contributed by atoms with Crippen LogP contribution in [0.4, 0.5) is 13.6 Å². The van der Waals surface area contributed by atoms with Gasteiger partial charge in [0.2, 0.25) is 18.4 Å². The Morgan fingerprint density at radius 1 is 1.03 bits per heavy atom. The molecule has 186 valence electrons. The van der Waals surface area contributed by atoms with E-state index in [1.165, 1.54) is 0 Å². The van der Waals surface area contributed by atoms with E-state index in [2.05, 4.69) is 10.4 Å². The van der Waals surface area contributed by atoms with Crippen molar-refractivity contribution < 1.29 is 32.6 Å². The van der Waals surface area contributed by atoms with Crippen LogP contribution in [-0.4, -0.2) is 35.4 Å². The summed E-state index contributed by atoms with van der Waals surface area (Å²) >= 11 is 0. The molecule has 0 unspecified atom stereocenters. The second kappa shape index (κ2) is 10.3. The van der Waals surface area contributed by atoms with Gasteiger partial charge in [-0.15, -0.1) is 5.10 Å². The monoisotopic (exact) mass is 487 g/mol. The molecule has 0 saturated carbocycles. The summed E-state index contributed by atoms with van der Waals surface area (Å²) in [5.41, 5.74) is -1.43. The fourth-order valence-electron chi connectivity index (χ4n) is 4.07. The maximum Gasteiger partial charge on any atom is 0.348 e. The number of benzene rings is 2. The Kier molecular flexibility index (Phi) is 7.18. The second-order valence-electron chi connectivity index (χ2n) is 8.40. The minimum Gasteiger partial charge on any atom is -0.454 e. The third kappa shape index (κ3) is 4.91. The molecular weight excluding hydrogens is 460 g/mol. The van der Waals surface area contributed by atoms with Gasteiger partial charge in [-0.25, -0.2) is 13.6 Å². The van der Waals surface area contributed by atoms with Gasteiger partial charge in [0.25, 0.3) is 5.91 Å². The third-order valence-electron chi connectivity index (χ3n) is 5.93. The van der Waals surface area contributed by atoms with Crippen molar-refractivity contribution >= 4 is 17.8 Å². The number of amides is 3. The first-order valence-electron chi connectivity index (χ1n) is 11.7. The molecule has 0 radical (unpaired) electrons. The zero-order valence-corrected chi connectivity index (χ0v) is 19.6. The summed E-state index contributed by atoms with van der Waals surface area (Å²) in [4.78, 5) is 25.9. The van der Waals surface area contributed by atoms with Gasteiger partial charge in [-0.1, -0.05) is 32.8 Å². The highest BCUT2D eigenvalue weighted by molar-refractivity contribution is 6.05. The number of hydrogen-bond donors (Lipinski definition) is 1. The highest BCUT2D eigenvalue weighted by Crippen LogP contribution is 2.39. The van der Waals surface area contributed by atoms with Gasteiger partial charge in [0.15, 0.2) is 11.5 Å². The number of unbranched alkanes of at least 4 members (excludes halogenated alkanes) is 2. The Hall–Kier alpha value is -3.69. The Morgan fingerprint density at radius 2 is 1.69 bits per heavy atom. The number of ether oxygens (including phenoxy) is 3. The number of hydrazone groups is 1. The summed E-state index contributed by atoms with van der Waals surface area (Å²) in [7, 11) is 0. The average Bonchev–Trinajstić information content (AvgIpc) is 3.46. The molecular formula is C25H27F2N3O5. The number of imide groups is 1. The molecule has 2 heterocycles. The molecule has 35 heavy (non-hydrogen) atoms. The summed E-state index contributed by atoms with van der Waals surface area (Å²) < 4.78 is 45.3. The molecule has 2 aromatic carbocycles. The first-order valence-corrected chi connectivity index (χ1v) is 11.7. The van der Waals surface area contributed by atoms with E-state index in [1.807, 2.05) is 13.8 Å². The number of rotatable bonds is 8. The molecule has 8 nitrogen and oxygen atoms in total. The second-order valence-corrected chi connectivity index (χ2v) is 8.40. The molecule has 0 spiro atoms. The summed E-state index contributed by atoms with van der Waals surface area (Å²) in [6, 6.07) is 7.26. The number of halogens is 2. The van der Waals surface area contributed by atoms with Gasteiger partial charge >= 0.3 is 6.03 Å². The number of hydrogen-bond acceptors (Lipinski definition) is 6. The predicted octanol–water partition coefficient (Wildman–Crippen LogP) is 5.31. The van der Waals surface area contributed by atoms with Crippen molar-refractivity contribution in [2.75, 3.05) is 6.79 Å². The van der Waals surface area contributed by atoms with Crippen LogP contribution in [0, 0.1) is 11.6 Å². The fraction of sp³-hybridized carbons (Fsp3) is 0.400. The Labute approximate surface area is 201 Å². The number of urea groups is 1. The zero-order chi connectivity index (χ0) is 25.0. The maximum absolute atomic E-state index is 14.1. The van der Waals surface area contributed by atoms with Crippen LogP contribution in [0.1, 0.15) is 68.3 Å². The van der Waals surface area contributed by atoms with E-state index < -0.39 is 34.9 Å². The Balaban J connectivity index is 1.67. The molecule has 0 aromatic heterocycles. The standard InChI is InChI=1S/C25H27F2N3O5/c1-3-5-12-25(13-6-4-2)30(24(32)28-22(31)21-17(26)8-7-9-18(21)27)29-23(35-25)16-10-11-19-20(14-16)34-15-33-19/h7-11,14H,3-6,12-13,15H2,1-2H3,(H,28,31,32). The smallest absolute Gasteiger partial charge is 0.348 e. The molecule has 0 bridgehead atoms. The number of nitrogens with zero attached hydrogens (tertiary/aromatic N) is 2. The number of nitrogens with one attached hydrogen (secondary N) is 1. The van der Waals surface area contributed by atoms with Crippen molar-refractivity contribution in [3.63, 3.8) is 0 Å². The summed E-state index contributed by atoms with van der Waals surface area (Å²) in [5.74, 6) is -2.05. The van der Waals surface area contributed by atoms with Crippen LogP contribution in [0.3, 0.4) is 0 Å². The van der Waals surface area contributed by atoms with E-state index in [4.69, 9.17) is 14.2 Å². The van der Waals surface area contributed by atoms with Gasteiger partial charge in [0, 0.05) is 18.4 Å². The van der Waals surface area contributed by atoms with E-state index >= 15 is 0 Å². The van der Waals surface area contributed by atoms with Crippen LogP contribution in [-0.2, 0) is 4.74 Å². The highest BCUT2D eigenvalue weighted by atomic mass is 19.1. The lowest BCUT2D eigenvalue weighted by Gasteiger charge is -2.35. The highest BCUT2D eigenvalue weighted by Gasteiger charge is 2.48. The maximum atomic E-state index is 14.1. The van der Waals surface area contributed by atoms with Crippen LogP contribution in [0.25, 0.3) is 0 Å². The first-order chi connectivity index (χ1) is 16.9. The number of carbonyl (C=O) groups is 2. The topological polar surface area (TPSA) is 89.5 Å². The van der Waals surface area contributed by atoms with Crippen molar-refractivity contribution in [1.29, 1.82) is 0 Å². The van der Waals surface area contributed by atoms with Crippen LogP contribution in [0.5, 0.6) is 11.5 Å². The van der Waals surface area contributed by atoms with Crippen LogP contribution < -0.4 is 14.8 Å². The number of carbonyl (C=O) groups excluding carboxylic acids is 2. The molecule has 0 saturated heterocycles. The molecule has 10 heteroatoms. The van der Waals surface area contributed by atoms with Crippen molar-refractivity contribution in [2.45, 2.75) is 58.1 Å². The fourth-order valence-corrected chi connectivity index (χ4v) is 4.07. The molecule has 2 aromatic rings. The van der Waals surface area contributed by atoms with Gasteiger partial charge in [-0.3, -0.25) is 10.1 Å². The van der Waals surface area contributed by atoms with Gasteiger partial charge in [0.05, 0.1) is 0 Å². The predicted molar refractivity (Wildman–Crippen MR) is 123 cm³/mol. The zero-order valence-electron chi connectivity index (χ0n) is 19.6. The van der Waals surface area contributed by atoms with E-state index in [0.717, 1.165) is 48.9 Å². The van der Waals surface area contributed by atoms with Crippen molar-refractivity contribution in [3.05, 3.63) is 59.2 Å². The Bertz CT molecular complexity index is 1130. The van der Waals surface area contributed by atoms with E-state index in [0.29, 0.717) is 29.9 Å². The van der Waals surface area contributed by atoms with E-state index in [-0.39, 0.29) is 12.7 Å². The summed E-state index contributed by atoms with van der Waals surface area (Å²) in [5, 5.41) is 7.58. The first kappa shape index (κ1) is 24.4. The molecule has 0 aliphatic carbocycles. The van der Waals surface area contributed by atoms with Crippen molar-refractivity contribution in [1.82, 2.24) is 10.3 Å². The van der Waals surface area contributed by atoms with Crippen molar-refractivity contribution in [3.8, 4) is 11.5 Å². The van der Waals surface area contributed by atoms with Gasteiger partial charge in [-0.2, -0.15) is 5.01 Å². The number of fused-ring (bicyclic) bond motifs is 1. The average molecular weight is 488 g/mol. The SMILES string of the molecule is CCCCC1(CCCC)OC(c2ccc3c(c2)OCO3)=NN1C(=O)NC(=O)c1c(F)cccc1F. The minimum atomic E-state index is -1.20. The lowest BCUT2D eigenvalue weighted by molar-refractivity contribution is -0.0537. The largest absolute Gasteiger partial charge is 0.454 e. The van der Waals surface area contributed by atoms with Gasteiger partial charge in [-0.05, 0) is 43.2 Å². The van der Waals surface area contributed by atoms with Crippen LogP contribution in [0.2, 0.25) is 0 Å². The van der Waals surface area contributed by atoms with Crippen molar-refractivity contribution in [2.24, 2.45) is 5.10 Å². The quantitative estimate of drug-likeness (QED) is 0.545. The van der Waals surface area contributed by atoms with Gasteiger partial charge in [0.1, 0.15) is 17.2 Å². The molecule has 4 rings (SSSR count). The van der Waals surface area contributed by atoms with E-state index in [1.54, 1.807) is 18.2 Å². The third-order valence-corrected chi connectivity index (χ3v) is 5.93. The molecule has 3 amide bonds. The van der Waals surface area contributed by atoms with Crippen LogP contribution in [0.15, 0.2) is 41.5 Å². The van der Waals surface area contributed by atoms with E-state index in [9.17, 15) is 18.4 Å². The van der Waals surface area contributed by atoms with Gasteiger partial charge < -0.3 is 14.2 Å². The molecule has 1 N–H and O–H groups in total.